The number of nitro groups is 1. The van der Waals surface area contributed by atoms with Gasteiger partial charge in [-0.2, -0.15) is 0 Å². The Bertz CT molecular complexity index is 2650. The van der Waals surface area contributed by atoms with E-state index in [1.165, 1.54) is 39.7 Å². The maximum Gasteiger partial charge on any atom is 0.293 e. The van der Waals surface area contributed by atoms with Gasteiger partial charge < -0.3 is 19.8 Å². The molecule has 3 aliphatic rings. The summed E-state index contributed by atoms with van der Waals surface area (Å²) in [6.45, 7) is 2.82. The second-order valence-electron chi connectivity index (χ2n) is 15.4. The van der Waals surface area contributed by atoms with Crippen LogP contribution in [0.1, 0.15) is 71.8 Å². The minimum Gasteiger partial charge on any atom is -0.455 e. The number of ether oxygens (including phenoxy) is 2. The summed E-state index contributed by atoms with van der Waals surface area (Å²) < 4.78 is 42.5. The summed E-state index contributed by atoms with van der Waals surface area (Å²) in [5.74, 6) is -0.144. The number of sulfonamides is 1. The number of carbonyl (C=O) groups is 1. The number of thiophene rings is 1. The van der Waals surface area contributed by atoms with Crippen molar-refractivity contribution in [3.63, 3.8) is 0 Å². The maximum atomic E-state index is 13.9. The van der Waals surface area contributed by atoms with Gasteiger partial charge in [0.1, 0.15) is 22.8 Å². The molecule has 2 aliphatic heterocycles. The minimum absolute atomic E-state index is 0.0201. The van der Waals surface area contributed by atoms with Crippen molar-refractivity contribution in [2.24, 2.45) is 5.92 Å². The van der Waals surface area contributed by atoms with E-state index in [0.717, 1.165) is 67.7 Å². The predicted octanol–water partition coefficient (Wildman–Crippen LogP) is 9.21. The molecule has 2 saturated heterocycles. The van der Waals surface area contributed by atoms with Crippen molar-refractivity contribution in [3.05, 3.63) is 123 Å². The van der Waals surface area contributed by atoms with Gasteiger partial charge in [-0.3, -0.25) is 19.8 Å². The van der Waals surface area contributed by atoms with Gasteiger partial charge in [0.05, 0.1) is 21.6 Å². The third kappa shape index (κ3) is 8.33. The maximum absolute atomic E-state index is 13.9. The highest BCUT2D eigenvalue weighted by atomic mass is 32.2. The van der Waals surface area contributed by atoms with Crippen LogP contribution in [0.2, 0.25) is 0 Å². The molecule has 1 aliphatic carbocycles. The summed E-state index contributed by atoms with van der Waals surface area (Å²) in [4.78, 5) is 36.5. The van der Waals surface area contributed by atoms with Crippen molar-refractivity contribution in [2.45, 2.75) is 61.9 Å². The number of H-pyrrole nitrogens is 1. The molecule has 6 aromatic rings. The topological polar surface area (TPSA) is 169 Å². The van der Waals surface area contributed by atoms with E-state index < -0.39 is 31.4 Å². The van der Waals surface area contributed by atoms with Crippen LogP contribution in [0.3, 0.4) is 0 Å². The van der Waals surface area contributed by atoms with Gasteiger partial charge >= 0.3 is 0 Å². The van der Waals surface area contributed by atoms with E-state index in [4.69, 9.17) is 9.47 Å². The SMILES string of the molecule is O=C(NS(=O)(=O)c1ccc(NCC2CCOCC2)c([N+](=O)[O-])c1)c1ccc(C2=CCC(N3CCCC3c3cc4ccccc4s3)CC2)cc1Oc1cnc2[nH]ccc2c1. The predicted molar refractivity (Wildman–Crippen MR) is 229 cm³/mol. The zero-order chi connectivity index (χ0) is 40.5. The fourth-order valence-electron chi connectivity index (χ4n) is 8.60. The Balaban J connectivity index is 0.954. The molecule has 2 fully saturated rings. The third-order valence-corrected chi connectivity index (χ3v) is 14.3. The molecule has 1 amide bonds. The molecule has 2 atom stereocenters. The molecule has 0 bridgehead atoms. The molecule has 15 heteroatoms. The fourth-order valence-corrected chi connectivity index (χ4v) is 10.8. The first kappa shape index (κ1) is 38.9. The van der Waals surface area contributed by atoms with E-state index >= 15 is 0 Å². The summed E-state index contributed by atoms with van der Waals surface area (Å²) in [5, 5.41) is 17.3. The molecule has 9 rings (SSSR count). The highest BCUT2D eigenvalue weighted by Crippen LogP contribution is 2.43. The van der Waals surface area contributed by atoms with E-state index in [0.29, 0.717) is 43.2 Å². The lowest BCUT2D eigenvalue weighted by Gasteiger charge is -2.35. The largest absolute Gasteiger partial charge is 0.455 e. The summed E-state index contributed by atoms with van der Waals surface area (Å²) in [6.07, 6.45) is 12.3. The highest BCUT2D eigenvalue weighted by molar-refractivity contribution is 7.90. The van der Waals surface area contributed by atoms with Crippen LogP contribution in [0.15, 0.2) is 102 Å². The number of rotatable bonds is 12. The van der Waals surface area contributed by atoms with Crippen molar-refractivity contribution >= 4 is 65.3 Å². The smallest absolute Gasteiger partial charge is 0.293 e. The van der Waals surface area contributed by atoms with E-state index in [2.05, 4.69) is 61.3 Å². The van der Waals surface area contributed by atoms with Crippen molar-refractivity contribution in [3.8, 4) is 11.5 Å². The molecule has 0 saturated carbocycles. The number of hydrogen-bond acceptors (Lipinski definition) is 11. The Labute approximate surface area is 345 Å². The van der Waals surface area contributed by atoms with Gasteiger partial charge in [0, 0.05) is 59.1 Å². The van der Waals surface area contributed by atoms with Gasteiger partial charge in [-0.1, -0.05) is 30.3 Å². The van der Waals surface area contributed by atoms with Crippen LogP contribution >= 0.6 is 11.3 Å². The second-order valence-corrected chi connectivity index (χ2v) is 18.2. The molecule has 2 unspecified atom stereocenters. The lowest BCUT2D eigenvalue weighted by Crippen LogP contribution is -2.35. The van der Waals surface area contributed by atoms with Crippen LogP contribution in [0, 0.1) is 16.0 Å². The van der Waals surface area contributed by atoms with Crippen LogP contribution in [0.25, 0.3) is 26.7 Å². The number of nitro benzene ring substituents is 1. The Morgan fingerprint density at radius 3 is 2.69 bits per heavy atom. The standard InChI is InChI=1S/C44H44N6O7S2/c51-44(48-59(54,55)35-12-14-37(39(25-35)50(52)53)46-26-28-16-20-56-21-17-28)36-13-9-30(23-40(36)57-34-22-32-15-18-45-43(32)47-27-34)29-7-10-33(11-8-29)49-19-3-5-38(49)42-24-31-4-1-2-6-41(31)58-42/h1-2,4,6-7,9,12-15,18,22-25,27-28,33,38,46H,3,5,8,10-11,16-17,19-21,26H2,(H,45,47)(H,48,51). The number of nitrogens with zero attached hydrogens (tertiary/aromatic N) is 3. The van der Waals surface area contributed by atoms with Crippen molar-refractivity contribution in [2.75, 3.05) is 31.6 Å². The number of amides is 1. The van der Waals surface area contributed by atoms with Crippen molar-refractivity contribution < 1.29 is 27.6 Å². The van der Waals surface area contributed by atoms with E-state index in [-0.39, 0.29) is 22.9 Å². The van der Waals surface area contributed by atoms with E-state index in [1.807, 2.05) is 23.5 Å². The van der Waals surface area contributed by atoms with Gasteiger partial charge in [0.15, 0.2) is 0 Å². The first-order valence-electron chi connectivity index (χ1n) is 20.0. The summed E-state index contributed by atoms with van der Waals surface area (Å²) in [6, 6.07) is 24.1. The lowest BCUT2D eigenvalue weighted by atomic mass is 9.89. The minimum atomic E-state index is -4.54. The number of aromatic amines is 1. The number of likely N-dealkylation sites (tertiary alicyclic amines) is 1. The van der Waals surface area contributed by atoms with Gasteiger partial charge in [0.25, 0.3) is 21.6 Å². The molecule has 5 heterocycles. The van der Waals surface area contributed by atoms with Crippen LogP contribution in [-0.4, -0.2) is 66.5 Å². The number of carbonyl (C=O) groups excluding carboxylic acids is 1. The molecule has 304 valence electrons. The molecule has 13 nitrogen and oxygen atoms in total. The Hall–Kier alpha value is -5.61. The summed E-state index contributed by atoms with van der Waals surface area (Å²) >= 11 is 1.90. The molecular formula is C44H44N6O7S2. The number of hydrogen-bond donors (Lipinski definition) is 3. The van der Waals surface area contributed by atoms with Crippen LogP contribution in [0.5, 0.6) is 11.5 Å². The number of anilines is 1. The zero-order valence-corrected chi connectivity index (χ0v) is 33.9. The van der Waals surface area contributed by atoms with Crippen LogP contribution in [-0.2, 0) is 14.8 Å². The number of aromatic nitrogens is 2. The fraction of sp³-hybridized carbons (Fsp3) is 0.318. The van der Waals surface area contributed by atoms with Gasteiger partial charge in [-0.05, 0) is 122 Å². The third-order valence-electron chi connectivity index (χ3n) is 11.7. The molecule has 3 aromatic carbocycles. The first-order valence-corrected chi connectivity index (χ1v) is 22.3. The quantitative estimate of drug-likeness (QED) is 0.0799. The monoisotopic (exact) mass is 832 g/mol. The summed E-state index contributed by atoms with van der Waals surface area (Å²) in [7, 11) is -4.54. The Morgan fingerprint density at radius 2 is 1.88 bits per heavy atom. The Kier molecular flexibility index (Phi) is 10.9. The average molecular weight is 833 g/mol. The van der Waals surface area contributed by atoms with E-state index in [9.17, 15) is 23.3 Å². The number of benzene rings is 3. The van der Waals surface area contributed by atoms with Crippen LogP contribution < -0.4 is 14.8 Å². The van der Waals surface area contributed by atoms with Gasteiger partial charge in [-0.15, -0.1) is 11.3 Å². The summed E-state index contributed by atoms with van der Waals surface area (Å²) in [5.41, 5.74) is 2.44. The molecule has 59 heavy (non-hydrogen) atoms. The molecule has 3 aromatic heterocycles. The molecule has 0 spiro atoms. The molecule has 3 N–H and O–H groups in total. The molecular weight excluding hydrogens is 789 g/mol. The number of fused-ring (bicyclic) bond motifs is 2. The molecule has 0 radical (unpaired) electrons. The van der Waals surface area contributed by atoms with Crippen molar-refractivity contribution in [1.82, 2.24) is 19.6 Å². The number of allylic oxidation sites excluding steroid dienone is 1. The highest BCUT2D eigenvalue weighted by Gasteiger charge is 2.34. The Morgan fingerprint density at radius 1 is 1.02 bits per heavy atom. The second kappa shape index (κ2) is 16.6. The number of pyridine rings is 1. The van der Waals surface area contributed by atoms with Gasteiger partial charge in [-0.25, -0.2) is 18.1 Å². The lowest BCUT2D eigenvalue weighted by molar-refractivity contribution is -0.384. The number of nitrogens with one attached hydrogen (secondary N) is 3. The average Bonchev–Trinajstić information content (AvgIpc) is 4.03. The zero-order valence-electron chi connectivity index (χ0n) is 32.3. The first-order chi connectivity index (χ1) is 28.7. The van der Waals surface area contributed by atoms with E-state index in [1.54, 1.807) is 24.4 Å². The van der Waals surface area contributed by atoms with Gasteiger partial charge in [0.2, 0.25) is 0 Å². The normalized spacial score (nSPS) is 19.2. The van der Waals surface area contributed by atoms with Crippen molar-refractivity contribution in [1.29, 1.82) is 0 Å². The van der Waals surface area contributed by atoms with Crippen LogP contribution in [0.4, 0.5) is 11.4 Å².